The Labute approximate surface area is 189 Å². The van der Waals surface area contributed by atoms with Gasteiger partial charge >= 0.3 is 0 Å². The number of nitrogens with zero attached hydrogens (tertiary/aromatic N) is 3. The number of hydrogen-bond donors (Lipinski definition) is 1. The van der Waals surface area contributed by atoms with Crippen molar-refractivity contribution in [3.05, 3.63) is 72.4 Å². The minimum atomic E-state index is 0.972. The second-order valence-electron chi connectivity index (χ2n) is 8.74. The summed E-state index contributed by atoms with van der Waals surface area (Å²) in [6.45, 7) is 12.3. The van der Waals surface area contributed by atoms with Gasteiger partial charge in [-0.2, -0.15) is 0 Å². The molecule has 31 heavy (non-hydrogen) atoms. The number of aryl methyl sites for hydroxylation is 1. The number of pyridine rings is 1. The zero-order chi connectivity index (χ0) is 21.2. The third-order valence-corrected chi connectivity index (χ3v) is 7.26. The highest BCUT2D eigenvalue weighted by atomic mass is 32.2. The average Bonchev–Trinajstić information content (AvgIpc) is 3.62. The lowest BCUT2D eigenvalue weighted by Gasteiger charge is -2.37. The predicted octanol–water partition coefficient (Wildman–Crippen LogP) is 5.66. The Kier molecular flexibility index (Phi) is 5.88. The van der Waals surface area contributed by atoms with Gasteiger partial charge in [-0.25, -0.2) is 0 Å². The van der Waals surface area contributed by atoms with Gasteiger partial charge in [-0.3, -0.25) is 9.88 Å². The van der Waals surface area contributed by atoms with Crippen molar-refractivity contribution >= 4 is 34.2 Å². The molecule has 0 spiro atoms. The van der Waals surface area contributed by atoms with E-state index in [-0.39, 0.29) is 0 Å². The zero-order valence-corrected chi connectivity index (χ0v) is 19.0. The van der Waals surface area contributed by atoms with Crippen LogP contribution in [0.1, 0.15) is 24.0 Å². The number of aromatic nitrogens is 1. The van der Waals surface area contributed by atoms with Crippen molar-refractivity contribution in [3.8, 4) is 0 Å². The average molecular weight is 431 g/mol. The van der Waals surface area contributed by atoms with E-state index in [1.165, 1.54) is 30.5 Å². The van der Waals surface area contributed by atoms with Crippen molar-refractivity contribution in [3.63, 3.8) is 0 Å². The van der Waals surface area contributed by atoms with Crippen molar-refractivity contribution in [1.29, 1.82) is 0 Å². The number of anilines is 1. The molecule has 160 valence electrons. The molecule has 4 nitrogen and oxygen atoms in total. The van der Waals surface area contributed by atoms with Crippen LogP contribution >= 0.6 is 11.9 Å². The first kappa shape index (κ1) is 20.4. The summed E-state index contributed by atoms with van der Waals surface area (Å²) in [6, 6.07) is 17.0. The number of para-hydroxylation sites is 1. The molecule has 1 aliphatic heterocycles. The van der Waals surface area contributed by atoms with Gasteiger partial charge in [0.2, 0.25) is 0 Å². The van der Waals surface area contributed by atoms with Crippen LogP contribution in [0.4, 0.5) is 5.69 Å². The molecule has 0 radical (unpaired) electrons. The molecule has 0 unspecified atom stereocenters. The van der Waals surface area contributed by atoms with E-state index < -0.39 is 0 Å². The van der Waals surface area contributed by atoms with E-state index in [1.54, 1.807) is 11.9 Å². The summed E-state index contributed by atoms with van der Waals surface area (Å²) in [5, 5.41) is 1.16. The molecule has 5 heteroatoms. The zero-order valence-electron chi connectivity index (χ0n) is 18.2. The van der Waals surface area contributed by atoms with E-state index in [2.05, 4.69) is 75.5 Å². The number of piperazine rings is 1. The maximum absolute atomic E-state index is 4.55. The van der Waals surface area contributed by atoms with Gasteiger partial charge < -0.3 is 9.62 Å². The van der Waals surface area contributed by atoms with Crippen LogP contribution in [0, 0.1) is 12.8 Å². The summed E-state index contributed by atoms with van der Waals surface area (Å²) in [4.78, 5) is 10.8. The van der Waals surface area contributed by atoms with Crippen LogP contribution in [-0.4, -0.2) is 47.5 Å². The Morgan fingerprint density at radius 1 is 1.10 bits per heavy atom. The van der Waals surface area contributed by atoms with E-state index in [0.717, 1.165) is 59.3 Å². The molecule has 1 aromatic heterocycles. The van der Waals surface area contributed by atoms with Crippen LogP contribution < -0.4 is 4.72 Å². The minimum absolute atomic E-state index is 0.972. The molecule has 2 aliphatic rings. The molecule has 1 saturated carbocycles. The maximum Gasteiger partial charge on any atom is 0.0855 e. The van der Waals surface area contributed by atoms with Gasteiger partial charge in [0.1, 0.15) is 0 Å². The molecule has 0 amide bonds. The van der Waals surface area contributed by atoms with Crippen molar-refractivity contribution < 1.29 is 0 Å². The molecule has 5 rings (SSSR count). The van der Waals surface area contributed by atoms with Gasteiger partial charge in [-0.15, -0.1) is 0 Å². The molecule has 2 aromatic carbocycles. The Morgan fingerprint density at radius 2 is 1.90 bits per heavy atom. The number of benzene rings is 2. The van der Waals surface area contributed by atoms with Crippen LogP contribution in [0.2, 0.25) is 0 Å². The van der Waals surface area contributed by atoms with E-state index in [1.807, 2.05) is 12.3 Å². The largest absolute Gasteiger partial charge is 0.369 e. The number of rotatable bonds is 7. The smallest absolute Gasteiger partial charge is 0.0855 e. The summed E-state index contributed by atoms with van der Waals surface area (Å²) in [6.07, 6.45) is 4.72. The fourth-order valence-electron chi connectivity index (χ4n) is 4.27. The third kappa shape index (κ3) is 4.73. The fourth-order valence-corrected chi connectivity index (χ4v) is 5.14. The molecule has 0 atom stereocenters. The lowest BCUT2D eigenvalue weighted by molar-refractivity contribution is 0.170. The second-order valence-corrected chi connectivity index (χ2v) is 9.59. The summed E-state index contributed by atoms with van der Waals surface area (Å²) in [7, 11) is 0. The van der Waals surface area contributed by atoms with Crippen molar-refractivity contribution in [1.82, 2.24) is 14.8 Å². The first-order chi connectivity index (χ1) is 15.2. The third-order valence-electron chi connectivity index (χ3n) is 6.39. The van der Waals surface area contributed by atoms with Crippen LogP contribution in [0.25, 0.3) is 16.6 Å². The molecule has 1 saturated heterocycles. The molecule has 1 N–H and O–H groups in total. The van der Waals surface area contributed by atoms with E-state index in [0.29, 0.717) is 0 Å². The van der Waals surface area contributed by atoms with Crippen LogP contribution in [0.15, 0.2) is 66.2 Å². The first-order valence-corrected chi connectivity index (χ1v) is 12.0. The molecule has 2 heterocycles. The highest BCUT2D eigenvalue weighted by molar-refractivity contribution is 8.00. The summed E-state index contributed by atoms with van der Waals surface area (Å²) < 4.78 is 3.52. The highest BCUT2D eigenvalue weighted by Crippen LogP contribution is 2.32. The SMILES string of the molecule is C=C(c1ccc(NSc2cccc3cccnc23)c(C)c1)N1CCN(CC2CC2)CC1. The Bertz CT molecular complexity index is 1080. The van der Waals surface area contributed by atoms with Gasteiger partial charge in [0.15, 0.2) is 0 Å². The molecule has 0 bridgehead atoms. The summed E-state index contributed by atoms with van der Waals surface area (Å²) in [5.41, 5.74) is 5.75. The highest BCUT2D eigenvalue weighted by Gasteiger charge is 2.26. The first-order valence-electron chi connectivity index (χ1n) is 11.2. The maximum atomic E-state index is 4.55. The van der Waals surface area contributed by atoms with Gasteiger partial charge in [0, 0.05) is 55.7 Å². The fraction of sp³-hybridized carbons (Fsp3) is 0.346. The molecule has 3 aromatic rings. The summed E-state index contributed by atoms with van der Waals surface area (Å²) >= 11 is 1.62. The predicted molar refractivity (Wildman–Crippen MR) is 132 cm³/mol. The van der Waals surface area contributed by atoms with Gasteiger partial charge in [-0.05, 0) is 73.0 Å². The summed E-state index contributed by atoms with van der Waals surface area (Å²) in [5.74, 6) is 0.972. The number of hydrogen-bond acceptors (Lipinski definition) is 5. The van der Waals surface area contributed by atoms with Gasteiger partial charge in [0.25, 0.3) is 0 Å². The Balaban J connectivity index is 1.22. The monoisotopic (exact) mass is 430 g/mol. The Hall–Kier alpha value is -2.50. The van der Waals surface area contributed by atoms with Crippen molar-refractivity contribution in [2.24, 2.45) is 5.92 Å². The number of fused-ring (bicyclic) bond motifs is 1. The topological polar surface area (TPSA) is 31.4 Å². The molecular weight excluding hydrogens is 400 g/mol. The van der Waals surface area contributed by atoms with Gasteiger partial charge in [-0.1, -0.05) is 30.8 Å². The lowest BCUT2D eigenvalue weighted by Crippen LogP contribution is -2.45. The molecule has 1 aliphatic carbocycles. The number of nitrogens with one attached hydrogen (secondary N) is 1. The standard InChI is InChI=1S/C26H30N4S/c1-19-17-23(20(2)30-15-13-29(14-16-30)18-21-8-9-21)10-11-24(19)28-31-25-7-3-5-22-6-4-12-27-26(22)25/h3-7,10-12,17,21,28H,2,8-9,13-16,18H2,1H3. The Morgan fingerprint density at radius 3 is 2.68 bits per heavy atom. The van der Waals surface area contributed by atoms with Crippen LogP contribution in [0.5, 0.6) is 0 Å². The van der Waals surface area contributed by atoms with Crippen molar-refractivity contribution in [2.75, 3.05) is 37.4 Å². The molecular formula is C26H30N4S. The second kappa shape index (κ2) is 8.93. The van der Waals surface area contributed by atoms with Crippen LogP contribution in [-0.2, 0) is 0 Å². The van der Waals surface area contributed by atoms with E-state index >= 15 is 0 Å². The van der Waals surface area contributed by atoms with E-state index in [4.69, 9.17) is 0 Å². The van der Waals surface area contributed by atoms with Crippen LogP contribution in [0.3, 0.4) is 0 Å². The minimum Gasteiger partial charge on any atom is -0.369 e. The lowest BCUT2D eigenvalue weighted by atomic mass is 10.1. The van der Waals surface area contributed by atoms with E-state index in [9.17, 15) is 0 Å². The normalized spacial score (nSPS) is 17.1. The van der Waals surface area contributed by atoms with Gasteiger partial charge in [0.05, 0.1) is 10.4 Å². The van der Waals surface area contributed by atoms with Crippen molar-refractivity contribution in [2.45, 2.75) is 24.7 Å². The molecule has 2 fully saturated rings. The quantitative estimate of drug-likeness (QED) is 0.489.